The average Bonchev–Trinajstić information content (AvgIpc) is 2.68. The van der Waals surface area contributed by atoms with Gasteiger partial charge in [0.25, 0.3) is 0 Å². The Morgan fingerprint density at radius 1 is 1.08 bits per heavy atom. The number of amides is 1. The normalized spacial score (nSPS) is 21.9. The highest BCUT2D eigenvalue weighted by Gasteiger charge is 2.46. The van der Waals surface area contributed by atoms with Gasteiger partial charge in [0, 0.05) is 37.7 Å². The fourth-order valence-electron chi connectivity index (χ4n) is 3.78. The molecule has 1 aromatic rings. The lowest BCUT2D eigenvalue weighted by atomic mass is 9.72. The number of rotatable bonds is 4. The number of nitrogens with zero attached hydrogens (tertiary/aromatic N) is 2. The van der Waals surface area contributed by atoms with Gasteiger partial charge < -0.3 is 4.90 Å². The van der Waals surface area contributed by atoms with Crippen LogP contribution >= 0.6 is 11.8 Å². The number of carbonyl (C=O) groups excluding carboxylic acids is 1. The molecule has 3 rings (SSSR count). The van der Waals surface area contributed by atoms with Crippen LogP contribution in [0.4, 0.5) is 0 Å². The Morgan fingerprint density at radius 2 is 1.68 bits per heavy atom. The van der Waals surface area contributed by atoms with Gasteiger partial charge in [0.2, 0.25) is 15.9 Å². The van der Waals surface area contributed by atoms with Crippen molar-refractivity contribution < 1.29 is 13.2 Å². The molecular formula is C18H26N2O3S2. The summed E-state index contributed by atoms with van der Waals surface area (Å²) in [6.45, 7) is 4.08. The third-order valence-corrected chi connectivity index (χ3v) is 8.19. The number of piperidine rings is 1. The van der Waals surface area contributed by atoms with Crippen LogP contribution in [0.25, 0.3) is 0 Å². The third-order valence-electron chi connectivity index (χ3n) is 5.37. The van der Waals surface area contributed by atoms with Crippen molar-refractivity contribution in [3.05, 3.63) is 35.9 Å². The van der Waals surface area contributed by atoms with Gasteiger partial charge >= 0.3 is 0 Å². The largest absolute Gasteiger partial charge is 0.340 e. The van der Waals surface area contributed by atoms with Gasteiger partial charge in [-0.05, 0) is 25.3 Å². The van der Waals surface area contributed by atoms with Crippen molar-refractivity contribution in [3.8, 4) is 0 Å². The minimum absolute atomic E-state index is 0.114. The van der Waals surface area contributed by atoms with Gasteiger partial charge in [-0.25, -0.2) is 12.7 Å². The molecule has 1 aromatic carbocycles. The molecule has 0 bridgehead atoms. The van der Waals surface area contributed by atoms with Gasteiger partial charge in [-0.15, -0.1) is 0 Å². The molecule has 2 fully saturated rings. The first-order valence-corrected chi connectivity index (χ1v) is 11.7. The maximum atomic E-state index is 13.5. The van der Waals surface area contributed by atoms with E-state index >= 15 is 0 Å². The van der Waals surface area contributed by atoms with Crippen LogP contribution in [0.15, 0.2) is 30.3 Å². The van der Waals surface area contributed by atoms with Crippen molar-refractivity contribution in [1.82, 2.24) is 9.21 Å². The van der Waals surface area contributed by atoms with E-state index in [0.29, 0.717) is 25.9 Å². The van der Waals surface area contributed by atoms with Crippen LogP contribution in [0.5, 0.6) is 0 Å². The highest BCUT2D eigenvalue weighted by molar-refractivity contribution is 7.99. The molecule has 0 spiro atoms. The summed E-state index contributed by atoms with van der Waals surface area (Å²) in [5.74, 6) is 2.25. The van der Waals surface area contributed by atoms with E-state index in [1.165, 1.54) is 0 Å². The number of hydrogen-bond acceptors (Lipinski definition) is 4. The van der Waals surface area contributed by atoms with Crippen LogP contribution in [-0.4, -0.2) is 67.0 Å². The van der Waals surface area contributed by atoms with Crippen LogP contribution < -0.4 is 0 Å². The van der Waals surface area contributed by atoms with Gasteiger partial charge in [-0.1, -0.05) is 30.3 Å². The average molecular weight is 383 g/mol. The van der Waals surface area contributed by atoms with Crippen LogP contribution in [0.2, 0.25) is 0 Å². The first-order valence-electron chi connectivity index (χ1n) is 8.90. The molecule has 2 saturated heterocycles. The van der Waals surface area contributed by atoms with Gasteiger partial charge in [0.15, 0.2) is 0 Å². The smallest absolute Gasteiger partial charge is 0.233 e. The molecule has 0 N–H and O–H groups in total. The number of carbonyl (C=O) groups is 1. The van der Waals surface area contributed by atoms with E-state index in [0.717, 1.165) is 30.2 Å². The predicted molar refractivity (Wildman–Crippen MR) is 102 cm³/mol. The molecule has 2 aliphatic heterocycles. The van der Waals surface area contributed by atoms with Crippen molar-refractivity contribution in [3.63, 3.8) is 0 Å². The lowest BCUT2D eigenvalue weighted by Gasteiger charge is -2.43. The van der Waals surface area contributed by atoms with Crippen molar-refractivity contribution in [2.75, 3.05) is 43.4 Å². The van der Waals surface area contributed by atoms with Gasteiger partial charge in [-0.3, -0.25) is 4.79 Å². The SMILES string of the molecule is CCS(=O)(=O)N1CCC(C(=O)N2CCSCC2)(c2ccccc2)CC1. The Morgan fingerprint density at radius 3 is 2.24 bits per heavy atom. The molecule has 0 radical (unpaired) electrons. The maximum Gasteiger partial charge on any atom is 0.233 e. The zero-order chi connectivity index (χ0) is 17.9. The van der Waals surface area contributed by atoms with Gasteiger partial charge in [0.05, 0.1) is 11.2 Å². The lowest BCUT2D eigenvalue weighted by Crippen LogP contribution is -2.55. The van der Waals surface area contributed by atoms with E-state index in [9.17, 15) is 13.2 Å². The highest BCUT2D eigenvalue weighted by Crippen LogP contribution is 2.38. The summed E-state index contributed by atoms with van der Waals surface area (Å²) in [5.41, 5.74) is 0.426. The second-order valence-electron chi connectivity index (χ2n) is 6.65. The zero-order valence-electron chi connectivity index (χ0n) is 14.7. The van der Waals surface area contributed by atoms with Crippen molar-refractivity contribution in [2.24, 2.45) is 0 Å². The molecule has 2 heterocycles. The summed E-state index contributed by atoms with van der Waals surface area (Å²) in [6.07, 6.45) is 1.11. The van der Waals surface area contributed by atoms with Gasteiger partial charge in [0.1, 0.15) is 0 Å². The molecule has 7 heteroatoms. The summed E-state index contributed by atoms with van der Waals surface area (Å²) < 4.78 is 26.0. The maximum absolute atomic E-state index is 13.5. The van der Waals surface area contributed by atoms with Crippen LogP contribution in [-0.2, 0) is 20.2 Å². The van der Waals surface area contributed by atoms with E-state index in [1.807, 2.05) is 47.0 Å². The number of thioether (sulfide) groups is 1. The van der Waals surface area contributed by atoms with Crippen LogP contribution in [0.3, 0.4) is 0 Å². The standard InChI is InChI=1S/C18H26N2O3S2/c1-2-25(22,23)20-10-8-18(9-11-20,16-6-4-3-5-7-16)17(21)19-12-14-24-15-13-19/h3-7H,2,8-15H2,1H3. The molecule has 0 saturated carbocycles. The molecule has 0 unspecified atom stereocenters. The Hall–Kier alpha value is -1.05. The molecule has 0 aromatic heterocycles. The summed E-state index contributed by atoms with van der Waals surface area (Å²) >= 11 is 1.88. The zero-order valence-corrected chi connectivity index (χ0v) is 16.3. The second-order valence-corrected chi connectivity index (χ2v) is 10.1. The summed E-state index contributed by atoms with van der Waals surface area (Å²) in [6, 6.07) is 9.91. The number of hydrogen-bond donors (Lipinski definition) is 0. The monoisotopic (exact) mass is 382 g/mol. The molecule has 0 atom stereocenters. The van der Waals surface area contributed by atoms with Crippen molar-refractivity contribution in [2.45, 2.75) is 25.2 Å². The molecular weight excluding hydrogens is 356 g/mol. The minimum Gasteiger partial charge on any atom is -0.340 e. The minimum atomic E-state index is -3.20. The Balaban J connectivity index is 1.88. The fourth-order valence-corrected chi connectivity index (χ4v) is 5.79. The van der Waals surface area contributed by atoms with Gasteiger partial charge in [-0.2, -0.15) is 11.8 Å². The Bertz CT molecular complexity index is 692. The first kappa shape index (κ1) is 18.7. The quantitative estimate of drug-likeness (QED) is 0.799. The first-order chi connectivity index (χ1) is 12.0. The topological polar surface area (TPSA) is 57.7 Å². The second kappa shape index (κ2) is 7.68. The Kier molecular flexibility index (Phi) is 5.75. The van der Waals surface area contributed by atoms with Crippen molar-refractivity contribution >= 4 is 27.7 Å². The molecule has 0 aliphatic carbocycles. The van der Waals surface area contributed by atoms with E-state index in [1.54, 1.807) is 11.2 Å². The summed E-state index contributed by atoms with van der Waals surface area (Å²) in [5, 5.41) is 0. The Labute approximate surface area is 154 Å². The van der Waals surface area contributed by atoms with E-state index in [2.05, 4.69) is 0 Å². The lowest BCUT2D eigenvalue weighted by molar-refractivity contribution is -0.138. The fraction of sp³-hybridized carbons (Fsp3) is 0.611. The number of sulfonamides is 1. The highest BCUT2D eigenvalue weighted by atomic mass is 32.2. The number of benzene rings is 1. The molecule has 2 aliphatic rings. The van der Waals surface area contributed by atoms with E-state index in [-0.39, 0.29) is 11.7 Å². The molecule has 5 nitrogen and oxygen atoms in total. The van der Waals surface area contributed by atoms with E-state index < -0.39 is 15.4 Å². The predicted octanol–water partition coefficient (Wildman–Crippen LogP) is 1.95. The molecule has 25 heavy (non-hydrogen) atoms. The molecule has 138 valence electrons. The molecule has 1 amide bonds. The van der Waals surface area contributed by atoms with Crippen LogP contribution in [0, 0.1) is 0 Å². The van der Waals surface area contributed by atoms with Crippen LogP contribution in [0.1, 0.15) is 25.3 Å². The van der Waals surface area contributed by atoms with Crippen molar-refractivity contribution in [1.29, 1.82) is 0 Å². The van der Waals surface area contributed by atoms with E-state index in [4.69, 9.17) is 0 Å². The third kappa shape index (κ3) is 3.73. The summed E-state index contributed by atoms with van der Waals surface area (Å²) in [7, 11) is -3.20. The summed E-state index contributed by atoms with van der Waals surface area (Å²) in [4.78, 5) is 15.4.